The van der Waals surface area contributed by atoms with Gasteiger partial charge >= 0.3 is 0 Å². The van der Waals surface area contributed by atoms with Crippen LogP contribution in [0.5, 0.6) is 0 Å². The zero-order valence-corrected chi connectivity index (χ0v) is 14.1. The first kappa shape index (κ1) is 16.1. The van der Waals surface area contributed by atoms with E-state index in [1.807, 2.05) is 37.1 Å². The van der Waals surface area contributed by atoms with Gasteiger partial charge in [-0.25, -0.2) is 0 Å². The predicted molar refractivity (Wildman–Crippen MR) is 96.3 cm³/mol. The average Bonchev–Trinajstić information content (AvgIpc) is 2.99. The number of aryl methyl sites for hydroxylation is 1. The predicted octanol–water partition coefficient (Wildman–Crippen LogP) is 3.99. The lowest BCUT2D eigenvalue weighted by Gasteiger charge is -2.28. The molecule has 1 aromatic heterocycles. The van der Waals surface area contributed by atoms with Gasteiger partial charge in [0, 0.05) is 18.8 Å². The van der Waals surface area contributed by atoms with Crippen LogP contribution in [0.25, 0.3) is 10.8 Å². The van der Waals surface area contributed by atoms with Crippen LogP contribution in [0.1, 0.15) is 19.1 Å². The van der Waals surface area contributed by atoms with E-state index >= 15 is 0 Å². The van der Waals surface area contributed by atoms with Crippen LogP contribution < -0.4 is 10.2 Å². The second-order valence-electron chi connectivity index (χ2n) is 5.88. The minimum Gasteiger partial charge on any atom is -0.363 e. The summed E-state index contributed by atoms with van der Waals surface area (Å²) in [5.74, 6) is 1.02. The summed E-state index contributed by atoms with van der Waals surface area (Å²) in [7, 11) is 1.94. The van der Waals surface area contributed by atoms with E-state index < -0.39 is 0 Å². The highest BCUT2D eigenvalue weighted by Crippen LogP contribution is 2.24. The lowest BCUT2D eigenvalue weighted by atomic mass is 10.1. The van der Waals surface area contributed by atoms with Gasteiger partial charge in [-0.1, -0.05) is 42.4 Å². The van der Waals surface area contributed by atoms with Gasteiger partial charge in [0.15, 0.2) is 5.82 Å². The molecule has 5 nitrogen and oxygen atoms in total. The third-order valence-corrected chi connectivity index (χ3v) is 4.18. The van der Waals surface area contributed by atoms with Gasteiger partial charge in [-0.3, -0.25) is 4.79 Å². The molecule has 0 radical (unpaired) electrons. The van der Waals surface area contributed by atoms with E-state index in [9.17, 15) is 4.79 Å². The molecular weight excluding hydrogens is 302 g/mol. The minimum absolute atomic E-state index is 0.0959. The molecule has 0 aliphatic carbocycles. The molecule has 0 bridgehead atoms. The molecule has 0 aliphatic rings. The van der Waals surface area contributed by atoms with Crippen molar-refractivity contribution in [2.24, 2.45) is 0 Å². The van der Waals surface area contributed by atoms with Crippen molar-refractivity contribution >= 4 is 28.2 Å². The fourth-order valence-electron chi connectivity index (χ4n) is 2.85. The molecule has 124 valence electrons. The number of aromatic nitrogens is 1. The number of hydrogen-bond donors (Lipinski definition) is 1. The SMILES string of the molecule is CCC(C(=O)Nc1cc(C)on1)N(C)c1ccc2ccccc2c1. The first-order valence-electron chi connectivity index (χ1n) is 8.04. The van der Waals surface area contributed by atoms with Crippen LogP contribution in [0.3, 0.4) is 0 Å². The molecular formula is C19H21N3O2. The first-order valence-corrected chi connectivity index (χ1v) is 8.04. The number of rotatable bonds is 5. The van der Waals surface area contributed by atoms with Gasteiger partial charge in [0.25, 0.3) is 0 Å². The molecule has 0 aliphatic heterocycles. The fourth-order valence-corrected chi connectivity index (χ4v) is 2.85. The molecule has 5 heteroatoms. The van der Waals surface area contributed by atoms with Crippen LogP contribution in [0, 0.1) is 6.92 Å². The highest BCUT2D eigenvalue weighted by Gasteiger charge is 2.23. The molecule has 24 heavy (non-hydrogen) atoms. The Hall–Kier alpha value is -2.82. The van der Waals surface area contributed by atoms with Gasteiger partial charge in [-0.2, -0.15) is 0 Å². The fraction of sp³-hybridized carbons (Fsp3) is 0.263. The summed E-state index contributed by atoms with van der Waals surface area (Å²) >= 11 is 0. The van der Waals surface area contributed by atoms with E-state index in [0.717, 1.165) is 11.1 Å². The van der Waals surface area contributed by atoms with E-state index in [1.165, 1.54) is 5.39 Å². The van der Waals surface area contributed by atoms with Crippen LogP contribution >= 0.6 is 0 Å². The normalized spacial score (nSPS) is 12.1. The summed E-state index contributed by atoms with van der Waals surface area (Å²) < 4.78 is 4.99. The Balaban J connectivity index is 1.81. The van der Waals surface area contributed by atoms with Gasteiger partial charge in [0.1, 0.15) is 11.8 Å². The van der Waals surface area contributed by atoms with Crippen LogP contribution in [-0.2, 0) is 4.79 Å². The van der Waals surface area contributed by atoms with Crippen molar-refractivity contribution in [2.75, 3.05) is 17.3 Å². The Morgan fingerprint density at radius 1 is 1.21 bits per heavy atom. The van der Waals surface area contributed by atoms with Gasteiger partial charge in [-0.15, -0.1) is 0 Å². The topological polar surface area (TPSA) is 58.4 Å². The van der Waals surface area contributed by atoms with Gasteiger partial charge in [-0.05, 0) is 36.2 Å². The molecule has 1 N–H and O–H groups in total. The van der Waals surface area contributed by atoms with E-state index in [2.05, 4.69) is 34.7 Å². The summed E-state index contributed by atoms with van der Waals surface area (Å²) in [5.41, 5.74) is 1.01. The maximum Gasteiger partial charge on any atom is 0.248 e. The molecule has 3 rings (SSSR count). The van der Waals surface area contributed by atoms with Crippen molar-refractivity contribution in [1.29, 1.82) is 0 Å². The molecule has 0 spiro atoms. The van der Waals surface area contributed by atoms with E-state index in [4.69, 9.17) is 4.52 Å². The standard InChI is InChI=1S/C19H21N3O2/c1-4-17(19(23)20-18-11-13(2)24-21-18)22(3)16-10-9-14-7-5-6-8-15(14)12-16/h5-12,17H,4H2,1-3H3,(H,20,21,23). The number of amides is 1. The molecule has 1 heterocycles. The van der Waals surface area contributed by atoms with E-state index in [1.54, 1.807) is 13.0 Å². The van der Waals surface area contributed by atoms with Crippen molar-refractivity contribution < 1.29 is 9.32 Å². The summed E-state index contributed by atoms with van der Waals surface area (Å²) in [4.78, 5) is 14.6. The first-order chi connectivity index (χ1) is 11.6. The Morgan fingerprint density at radius 3 is 2.62 bits per heavy atom. The summed E-state index contributed by atoms with van der Waals surface area (Å²) in [6, 6.07) is 15.8. The number of hydrogen-bond acceptors (Lipinski definition) is 4. The number of carbonyl (C=O) groups excluding carboxylic acids is 1. The van der Waals surface area contributed by atoms with Crippen LogP contribution in [-0.4, -0.2) is 24.2 Å². The van der Waals surface area contributed by atoms with Crippen molar-refractivity contribution in [2.45, 2.75) is 26.3 Å². The number of likely N-dealkylation sites (N-methyl/N-ethyl adjacent to an activating group) is 1. The Labute approximate surface area is 141 Å². The molecule has 1 atom stereocenters. The summed E-state index contributed by atoms with van der Waals surface area (Å²) in [6.07, 6.45) is 0.687. The van der Waals surface area contributed by atoms with Crippen LogP contribution in [0.4, 0.5) is 11.5 Å². The number of benzene rings is 2. The number of fused-ring (bicyclic) bond motifs is 1. The molecule has 3 aromatic rings. The smallest absolute Gasteiger partial charge is 0.248 e. The van der Waals surface area contributed by atoms with E-state index in [0.29, 0.717) is 18.0 Å². The van der Waals surface area contributed by atoms with Gasteiger partial charge in [0.05, 0.1) is 0 Å². The lowest BCUT2D eigenvalue weighted by Crippen LogP contribution is -2.41. The monoisotopic (exact) mass is 323 g/mol. The molecule has 1 unspecified atom stereocenters. The quantitative estimate of drug-likeness (QED) is 0.771. The van der Waals surface area contributed by atoms with Crippen LogP contribution in [0.2, 0.25) is 0 Å². The number of anilines is 2. The van der Waals surface area contributed by atoms with Crippen molar-refractivity contribution in [3.63, 3.8) is 0 Å². The number of carbonyl (C=O) groups is 1. The maximum atomic E-state index is 12.6. The Bertz CT molecular complexity index is 856. The second kappa shape index (κ2) is 6.74. The summed E-state index contributed by atoms with van der Waals surface area (Å²) in [5, 5.41) is 8.98. The molecule has 2 aromatic carbocycles. The zero-order chi connectivity index (χ0) is 17.1. The third-order valence-electron chi connectivity index (χ3n) is 4.18. The summed E-state index contributed by atoms with van der Waals surface area (Å²) in [6.45, 7) is 3.79. The largest absolute Gasteiger partial charge is 0.363 e. The minimum atomic E-state index is -0.289. The Kier molecular flexibility index (Phi) is 4.51. The molecule has 0 fully saturated rings. The lowest BCUT2D eigenvalue weighted by molar-refractivity contribution is -0.117. The zero-order valence-electron chi connectivity index (χ0n) is 14.1. The van der Waals surface area contributed by atoms with Crippen molar-refractivity contribution in [1.82, 2.24) is 5.16 Å². The second-order valence-corrected chi connectivity index (χ2v) is 5.88. The molecule has 0 saturated heterocycles. The number of nitrogens with one attached hydrogen (secondary N) is 1. The average molecular weight is 323 g/mol. The highest BCUT2D eigenvalue weighted by atomic mass is 16.5. The molecule has 1 amide bonds. The molecule has 0 saturated carbocycles. The van der Waals surface area contributed by atoms with Gasteiger partial charge in [0.2, 0.25) is 5.91 Å². The van der Waals surface area contributed by atoms with Crippen molar-refractivity contribution in [3.05, 3.63) is 54.3 Å². The van der Waals surface area contributed by atoms with Crippen LogP contribution in [0.15, 0.2) is 53.1 Å². The van der Waals surface area contributed by atoms with Gasteiger partial charge < -0.3 is 14.7 Å². The number of nitrogens with zero attached hydrogens (tertiary/aromatic N) is 2. The maximum absolute atomic E-state index is 12.6. The third kappa shape index (κ3) is 3.25. The Morgan fingerprint density at radius 2 is 1.96 bits per heavy atom. The van der Waals surface area contributed by atoms with E-state index in [-0.39, 0.29) is 11.9 Å². The highest BCUT2D eigenvalue weighted by molar-refractivity contribution is 5.96. The van der Waals surface area contributed by atoms with Crippen molar-refractivity contribution in [3.8, 4) is 0 Å².